The molecule has 1 amide bonds. The van der Waals surface area contributed by atoms with Gasteiger partial charge in [-0.05, 0) is 67.5 Å². The topological polar surface area (TPSA) is 69.0 Å². The number of nitrogens with one attached hydrogen (secondary N) is 1. The van der Waals surface area contributed by atoms with E-state index in [-0.39, 0.29) is 11.9 Å². The molecule has 2 heterocycles. The number of amides is 1. The highest BCUT2D eigenvalue weighted by molar-refractivity contribution is 7.99. The summed E-state index contributed by atoms with van der Waals surface area (Å²) >= 11 is 3.03. The van der Waals surface area contributed by atoms with E-state index in [1.54, 1.807) is 18.4 Å². The molecule has 0 saturated heterocycles. The number of hydrogen-bond acceptors (Lipinski definition) is 6. The molecule has 2 fully saturated rings. The Labute approximate surface area is 196 Å². The summed E-state index contributed by atoms with van der Waals surface area (Å²) in [5.41, 5.74) is 0.863. The SMILES string of the molecule is COc1ccccc1-n1c(SCC(=O)N[C@@H](C)[C@@H]2C[C@H]3CC[C@H]2C3)nnc1-c1cccs1. The van der Waals surface area contributed by atoms with Crippen LogP contribution in [-0.4, -0.2) is 39.6 Å². The number of methoxy groups -OCH3 is 1. The van der Waals surface area contributed by atoms with E-state index in [1.807, 2.05) is 46.3 Å². The standard InChI is InChI=1S/C24H28N4O2S2/c1-15(18-13-16-9-10-17(18)12-16)25-22(29)14-32-24-27-26-23(21-8-5-11-31-21)28(24)19-6-3-4-7-20(19)30-2/h3-8,11,15-18H,9-10,12-14H2,1-2H3,(H,25,29)/t15-,16-,17-,18-/m0/s1. The molecule has 3 aromatic rings. The van der Waals surface area contributed by atoms with Gasteiger partial charge in [0.05, 0.1) is 23.4 Å². The fraction of sp³-hybridized carbons (Fsp3) is 0.458. The highest BCUT2D eigenvalue weighted by Crippen LogP contribution is 2.49. The maximum Gasteiger partial charge on any atom is 0.230 e. The van der Waals surface area contributed by atoms with Crippen molar-refractivity contribution in [1.82, 2.24) is 20.1 Å². The van der Waals surface area contributed by atoms with Crippen LogP contribution in [0.3, 0.4) is 0 Å². The monoisotopic (exact) mass is 468 g/mol. The quantitative estimate of drug-likeness (QED) is 0.469. The number of rotatable bonds is 8. The van der Waals surface area contributed by atoms with Crippen LogP contribution in [0.1, 0.15) is 32.6 Å². The molecule has 168 valence electrons. The highest BCUT2D eigenvalue weighted by Gasteiger charge is 2.42. The number of para-hydroxylation sites is 2. The lowest BCUT2D eigenvalue weighted by Gasteiger charge is -2.28. The summed E-state index contributed by atoms with van der Waals surface area (Å²) < 4.78 is 7.58. The second-order valence-electron chi connectivity index (χ2n) is 8.77. The highest BCUT2D eigenvalue weighted by atomic mass is 32.2. The minimum absolute atomic E-state index is 0.0533. The Hall–Kier alpha value is -2.32. The largest absolute Gasteiger partial charge is 0.495 e. The Kier molecular flexibility index (Phi) is 6.24. The molecule has 6 nitrogen and oxygen atoms in total. The van der Waals surface area contributed by atoms with Crippen LogP contribution >= 0.6 is 23.1 Å². The van der Waals surface area contributed by atoms with Crippen LogP contribution in [0, 0.1) is 17.8 Å². The molecule has 0 aliphatic heterocycles. The Morgan fingerprint density at radius 1 is 1.25 bits per heavy atom. The van der Waals surface area contributed by atoms with Gasteiger partial charge in [0.1, 0.15) is 5.75 Å². The van der Waals surface area contributed by atoms with Crippen LogP contribution in [0.4, 0.5) is 0 Å². The lowest BCUT2D eigenvalue weighted by atomic mass is 9.84. The first kappa shape index (κ1) is 21.5. The van der Waals surface area contributed by atoms with Crippen molar-refractivity contribution in [2.45, 2.75) is 43.8 Å². The summed E-state index contributed by atoms with van der Waals surface area (Å²) in [6.07, 6.45) is 5.33. The number of carbonyl (C=O) groups excluding carboxylic acids is 1. The van der Waals surface area contributed by atoms with Crippen molar-refractivity contribution in [2.24, 2.45) is 17.8 Å². The van der Waals surface area contributed by atoms with Crippen LogP contribution in [0.2, 0.25) is 0 Å². The van der Waals surface area contributed by atoms with Crippen LogP contribution in [-0.2, 0) is 4.79 Å². The fourth-order valence-electron chi connectivity index (χ4n) is 5.40. The Bertz CT molecular complexity index is 1080. The maximum atomic E-state index is 12.8. The van der Waals surface area contributed by atoms with Gasteiger partial charge < -0.3 is 10.1 Å². The first-order chi connectivity index (χ1) is 15.6. The lowest BCUT2D eigenvalue weighted by Crippen LogP contribution is -2.40. The second kappa shape index (κ2) is 9.27. The number of fused-ring (bicyclic) bond motifs is 2. The van der Waals surface area contributed by atoms with Gasteiger partial charge in [0.25, 0.3) is 0 Å². The van der Waals surface area contributed by atoms with E-state index in [1.165, 1.54) is 37.4 Å². The zero-order valence-electron chi connectivity index (χ0n) is 18.4. The number of thioether (sulfide) groups is 1. The van der Waals surface area contributed by atoms with E-state index >= 15 is 0 Å². The van der Waals surface area contributed by atoms with Gasteiger partial charge in [-0.15, -0.1) is 21.5 Å². The predicted molar refractivity (Wildman–Crippen MR) is 128 cm³/mol. The van der Waals surface area contributed by atoms with E-state index in [0.29, 0.717) is 16.8 Å². The van der Waals surface area contributed by atoms with Crippen molar-refractivity contribution < 1.29 is 9.53 Å². The number of thiophene rings is 1. The van der Waals surface area contributed by atoms with Crippen molar-refractivity contribution in [3.8, 4) is 22.1 Å². The van der Waals surface area contributed by atoms with Crippen LogP contribution in [0.5, 0.6) is 5.75 Å². The average molecular weight is 469 g/mol. The third-order valence-corrected chi connectivity index (χ3v) is 8.65. The van der Waals surface area contributed by atoms with Crippen molar-refractivity contribution in [3.05, 3.63) is 41.8 Å². The maximum absolute atomic E-state index is 12.8. The summed E-state index contributed by atoms with van der Waals surface area (Å²) in [5.74, 6) is 4.16. The first-order valence-corrected chi connectivity index (χ1v) is 13.1. The van der Waals surface area contributed by atoms with Crippen molar-refractivity contribution >= 4 is 29.0 Å². The van der Waals surface area contributed by atoms with Crippen molar-refractivity contribution in [2.75, 3.05) is 12.9 Å². The molecule has 0 spiro atoms. The molecular formula is C24H28N4O2S2. The fourth-order valence-corrected chi connectivity index (χ4v) is 6.85. The van der Waals surface area contributed by atoms with Crippen LogP contribution in [0.15, 0.2) is 46.9 Å². The Balaban J connectivity index is 1.33. The number of benzene rings is 1. The molecule has 32 heavy (non-hydrogen) atoms. The number of nitrogens with zero attached hydrogens (tertiary/aromatic N) is 3. The first-order valence-electron chi connectivity index (χ1n) is 11.2. The number of ether oxygens (including phenoxy) is 1. The summed E-state index contributed by atoms with van der Waals surface area (Å²) in [6, 6.07) is 12.1. The van der Waals surface area contributed by atoms with Crippen molar-refractivity contribution in [1.29, 1.82) is 0 Å². The molecular weight excluding hydrogens is 440 g/mol. The smallest absolute Gasteiger partial charge is 0.230 e. The third kappa shape index (κ3) is 4.18. The zero-order valence-corrected chi connectivity index (χ0v) is 20.0. The Morgan fingerprint density at radius 3 is 2.84 bits per heavy atom. The molecule has 4 atom stereocenters. The van der Waals surface area contributed by atoms with E-state index in [2.05, 4.69) is 22.4 Å². The van der Waals surface area contributed by atoms with E-state index in [0.717, 1.165) is 34.0 Å². The molecule has 2 saturated carbocycles. The van der Waals surface area contributed by atoms with E-state index in [9.17, 15) is 4.79 Å². The molecule has 2 aromatic heterocycles. The van der Waals surface area contributed by atoms with Crippen LogP contribution < -0.4 is 10.1 Å². The van der Waals surface area contributed by atoms with Gasteiger partial charge in [-0.1, -0.05) is 36.4 Å². The number of hydrogen-bond donors (Lipinski definition) is 1. The molecule has 2 aliphatic rings. The summed E-state index contributed by atoms with van der Waals surface area (Å²) in [5, 5.41) is 14.8. The summed E-state index contributed by atoms with van der Waals surface area (Å²) in [6.45, 7) is 2.17. The molecule has 0 unspecified atom stereocenters. The van der Waals surface area contributed by atoms with Gasteiger partial charge >= 0.3 is 0 Å². The zero-order chi connectivity index (χ0) is 22.1. The molecule has 5 rings (SSSR count). The summed E-state index contributed by atoms with van der Waals surface area (Å²) in [4.78, 5) is 13.8. The summed E-state index contributed by atoms with van der Waals surface area (Å²) in [7, 11) is 1.66. The van der Waals surface area contributed by atoms with Gasteiger partial charge in [0.15, 0.2) is 11.0 Å². The van der Waals surface area contributed by atoms with Crippen LogP contribution in [0.25, 0.3) is 16.4 Å². The Morgan fingerprint density at radius 2 is 2.12 bits per heavy atom. The van der Waals surface area contributed by atoms with E-state index in [4.69, 9.17) is 4.74 Å². The second-order valence-corrected chi connectivity index (χ2v) is 10.7. The van der Waals surface area contributed by atoms with Gasteiger partial charge in [0.2, 0.25) is 5.91 Å². The minimum Gasteiger partial charge on any atom is -0.495 e. The van der Waals surface area contributed by atoms with Crippen molar-refractivity contribution in [3.63, 3.8) is 0 Å². The molecule has 1 N–H and O–H groups in total. The molecule has 2 bridgehead atoms. The predicted octanol–water partition coefficient (Wildman–Crippen LogP) is 5.04. The molecule has 0 radical (unpaired) electrons. The van der Waals surface area contributed by atoms with Gasteiger partial charge in [0, 0.05) is 6.04 Å². The van der Waals surface area contributed by atoms with Gasteiger partial charge in [-0.2, -0.15) is 0 Å². The molecule has 1 aromatic carbocycles. The molecule has 2 aliphatic carbocycles. The van der Waals surface area contributed by atoms with Gasteiger partial charge in [-0.3, -0.25) is 9.36 Å². The third-order valence-electron chi connectivity index (χ3n) is 6.86. The average Bonchev–Trinajstić information content (AvgIpc) is 3.61. The normalized spacial score (nSPS) is 22.8. The lowest BCUT2D eigenvalue weighted by molar-refractivity contribution is -0.119. The minimum atomic E-state index is 0.0533. The number of carbonyl (C=O) groups is 1. The van der Waals surface area contributed by atoms with Gasteiger partial charge in [-0.25, -0.2) is 0 Å². The van der Waals surface area contributed by atoms with E-state index < -0.39 is 0 Å². The molecule has 8 heteroatoms. The number of aromatic nitrogens is 3.